The third-order valence-electron chi connectivity index (χ3n) is 3.05. The van der Waals surface area contributed by atoms with Crippen molar-refractivity contribution in [3.63, 3.8) is 0 Å². The van der Waals surface area contributed by atoms with Gasteiger partial charge in [0.25, 0.3) is 5.91 Å². The van der Waals surface area contributed by atoms with Crippen LogP contribution in [0.5, 0.6) is 5.75 Å². The van der Waals surface area contributed by atoms with Crippen molar-refractivity contribution in [2.75, 3.05) is 11.9 Å². The van der Waals surface area contributed by atoms with Crippen LogP contribution in [-0.4, -0.2) is 17.7 Å². The van der Waals surface area contributed by atoms with Crippen LogP contribution in [0.25, 0.3) is 0 Å². The lowest BCUT2D eigenvalue weighted by atomic mass is 10.1. The number of hydrogen-bond acceptors (Lipinski definition) is 4. The van der Waals surface area contributed by atoms with Gasteiger partial charge in [0, 0.05) is 6.07 Å². The van der Waals surface area contributed by atoms with Gasteiger partial charge in [-0.1, -0.05) is 11.2 Å². The lowest BCUT2D eigenvalue weighted by molar-refractivity contribution is -0.118. The molecule has 1 N–H and O–H groups in total. The van der Waals surface area contributed by atoms with E-state index in [1.165, 1.54) is 5.56 Å². The van der Waals surface area contributed by atoms with Gasteiger partial charge in [0.1, 0.15) is 11.5 Å². The van der Waals surface area contributed by atoms with Crippen molar-refractivity contribution < 1.29 is 14.1 Å². The van der Waals surface area contributed by atoms with Gasteiger partial charge in [-0.05, 0) is 50.5 Å². The molecule has 5 heteroatoms. The number of carbonyl (C=O) groups excluding carboxylic acids is 1. The first-order valence-corrected chi connectivity index (χ1v) is 6.39. The van der Waals surface area contributed by atoms with Gasteiger partial charge in [0.2, 0.25) is 0 Å². The number of nitrogens with one attached hydrogen (secondary N) is 1. The van der Waals surface area contributed by atoms with Crippen LogP contribution >= 0.6 is 0 Å². The van der Waals surface area contributed by atoms with Gasteiger partial charge >= 0.3 is 0 Å². The Morgan fingerprint density at radius 1 is 1.15 bits per heavy atom. The SMILES string of the molecule is Cc1cc(NC(=O)COc2cc(C)c(C)cc2C)no1. The van der Waals surface area contributed by atoms with Crippen LogP contribution in [0.1, 0.15) is 22.5 Å². The van der Waals surface area contributed by atoms with Crippen LogP contribution in [-0.2, 0) is 4.79 Å². The molecule has 1 aromatic heterocycles. The molecule has 2 rings (SSSR count). The van der Waals surface area contributed by atoms with E-state index in [4.69, 9.17) is 9.26 Å². The molecule has 0 spiro atoms. The summed E-state index contributed by atoms with van der Waals surface area (Å²) in [6.45, 7) is 7.72. The number of benzene rings is 1. The highest BCUT2D eigenvalue weighted by Crippen LogP contribution is 2.22. The highest BCUT2D eigenvalue weighted by atomic mass is 16.5. The van der Waals surface area contributed by atoms with Crippen LogP contribution in [0.3, 0.4) is 0 Å². The number of hydrogen-bond donors (Lipinski definition) is 1. The molecule has 106 valence electrons. The van der Waals surface area contributed by atoms with Crippen LogP contribution < -0.4 is 10.1 Å². The maximum atomic E-state index is 11.7. The first-order valence-electron chi connectivity index (χ1n) is 6.39. The Morgan fingerprint density at radius 2 is 1.85 bits per heavy atom. The zero-order valence-corrected chi connectivity index (χ0v) is 12.1. The summed E-state index contributed by atoms with van der Waals surface area (Å²) in [4.78, 5) is 11.7. The van der Waals surface area contributed by atoms with Crippen LogP contribution in [0.15, 0.2) is 22.7 Å². The van der Waals surface area contributed by atoms with Crippen molar-refractivity contribution in [3.05, 3.63) is 40.6 Å². The number of aromatic nitrogens is 1. The highest BCUT2D eigenvalue weighted by Gasteiger charge is 2.09. The maximum absolute atomic E-state index is 11.7. The summed E-state index contributed by atoms with van der Waals surface area (Å²) in [5.41, 5.74) is 3.36. The number of amides is 1. The van der Waals surface area contributed by atoms with Crippen LogP contribution in [0, 0.1) is 27.7 Å². The van der Waals surface area contributed by atoms with Crippen LogP contribution in [0.2, 0.25) is 0 Å². The molecule has 0 aliphatic rings. The lowest BCUT2D eigenvalue weighted by Gasteiger charge is -2.11. The van der Waals surface area contributed by atoms with Gasteiger partial charge in [-0.3, -0.25) is 4.79 Å². The standard InChI is InChI=1S/C15H18N2O3/c1-9-5-11(3)13(6-10(9)2)19-8-15(18)16-14-7-12(4)20-17-14/h5-7H,8H2,1-4H3,(H,16,17,18). The summed E-state index contributed by atoms with van der Waals surface area (Å²) < 4.78 is 10.4. The molecular formula is C15H18N2O3. The Morgan fingerprint density at radius 3 is 2.50 bits per heavy atom. The van der Waals surface area contributed by atoms with Crippen molar-refractivity contribution in [1.82, 2.24) is 5.16 Å². The first-order chi connectivity index (χ1) is 9.45. The van der Waals surface area contributed by atoms with E-state index in [0.29, 0.717) is 11.6 Å². The molecule has 0 saturated heterocycles. The Balaban J connectivity index is 1.95. The van der Waals surface area contributed by atoms with E-state index in [1.54, 1.807) is 13.0 Å². The second kappa shape index (κ2) is 5.77. The molecule has 0 radical (unpaired) electrons. The average molecular weight is 274 g/mol. The smallest absolute Gasteiger partial charge is 0.263 e. The molecule has 0 atom stereocenters. The molecule has 1 amide bonds. The monoisotopic (exact) mass is 274 g/mol. The van der Waals surface area contributed by atoms with Crippen molar-refractivity contribution in [3.8, 4) is 5.75 Å². The van der Waals surface area contributed by atoms with E-state index in [0.717, 1.165) is 16.9 Å². The Labute approximate surface area is 117 Å². The van der Waals surface area contributed by atoms with E-state index in [-0.39, 0.29) is 12.5 Å². The van der Waals surface area contributed by atoms with Gasteiger partial charge in [-0.25, -0.2) is 0 Å². The fourth-order valence-corrected chi connectivity index (χ4v) is 1.84. The summed E-state index contributed by atoms with van der Waals surface area (Å²) in [6, 6.07) is 5.64. The van der Waals surface area contributed by atoms with Crippen molar-refractivity contribution in [2.24, 2.45) is 0 Å². The van der Waals surface area contributed by atoms with Gasteiger partial charge in [-0.15, -0.1) is 0 Å². The lowest BCUT2D eigenvalue weighted by Crippen LogP contribution is -2.20. The second-order valence-electron chi connectivity index (χ2n) is 4.86. The number of carbonyl (C=O) groups is 1. The molecule has 0 aliphatic heterocycles. The summed E-state index contributed by atoms with van der Waals surface area (Å²) in [5, 5.41) is 6.30. The Hall–Kier alpha value is -2.30. The predicted molar refractivity (Wildman–Crippen MR) is 76.0 cm³/mol. The fourth-order valence-electron chi connectivity index (χ4n) is 1.84. The predicted octanol–water partition coefficient (Wildman–Crippen LogP) is 2.93. The van der Waals surface area contributed by atoms with Crippen molar-refractivity contribution >= 4 is 11.7 Å². The summed E-state index contributed by atoms with van der Waals surface area (Å²) in [7, 11) is 0. The number of nitrogens with zero attached hydrogens (tertiary/aromatic N) is 1. The number of rotatable bonds is 4. The van der Waals surface area contributed by atoms with E-state index in [1.807, 2.05) is 32.9 Å². The zero-order valence-electron chi connectivity index (χ0n) is 12.1. The average Bonchev–Trinajstić information content (AvgIpc) is 2.77. The third-order valence-corrected chi connectivity index (χ3v) is 3.05. The maximum Gasteiger partial charge on any atom is 0.263 e. The molecule has 0 aliphatic carbocycles. The van der Waals surface area contributed by atoms with Gasteiger partial charge < -0.3 is 14.6 Å². The van der Waals surface area contributed by atoms with Gasteiger partial charge in [0.05, 0.1) is 0 Å². The van der Waals surface area contributed by atoms with E-state index in [9.17, 15) is 4.79 Å². The van der Waals surface area contributed by atoms with Crippen molar-refractivity contribution in [1.29, 1.82) is 0 Å². The van der Waals surface area contributed by atoms with E-state index in [2.05, 4.69) is 10.5 Å². The van der Waals surface area contributed by atoms with Crippen LogP contribution in [0.4, 0.5) is 5.82 Å². The Bertz CT molecular complexity index is 632. The van der Waals surface area contributed by atoms with Gasteiger partial charge in [0.15, 0.2) is 12.4 Å². The molecule has 0 bridgehead atoms. The molecule has 0 unspecified atom stereocenters. The molecule has 1 heterocycles. The number of aryl methyl sites for hydroxylation is 4. The van der Waals surface area contributed by atoms with E-state index < -0.39 is 0 Å². The highest BCUT2D eigenvalue weighted by molar-refractivity contribution is 5.90. The largest absolute Gasteiger partial charge is 0.483 e. The number of anilines is 1. The minimum atomic E-state index is -0.268. The quantitative estimate of drug-likeness (QED) is 0.931. The summed E-state index contributed by atoms with van der Waals surface area (Å²) in [6.07, 6.45) is 0. The minimum Gasteiger partial charge on any atom is -0.483 e. The second-order valence-corrected chi connectivity index (χ2v) is 4.86. The van der Waals surface area contributed by atoms with Crippen molar-refractivity contribution in [2.45, 2.75) is 27.7 Å². The minimum absolute atomic E-state index is 0.0603. The first kappa shape index (κ1) is 14.1. The molecular weight excluding hydrogens is 256 g/mol. The number of ether oxygens (including phenoxy) is 1. The Kier molecular flexibility index (Phi) is 4.08. The normalized spacial score (nSPS) is 10.4. The summed E-state index contributed by atoms with van der Waals surface area (Å²) >= 11 is 0. The molecule has 1 aromatic carbocycles. The molecule has 20 heavy (non-hydrogen) atoms. The molecule has 0 fully saturated rings. The third kappa shape index (κ3) is 3.38. The van der Waals surface area contributed by atoms with Gasteiger partial charge in [-0.2, -0.15) is 0 Å². The molecule has 2 aromatic rings. The topological polar surface area (TPSA) is 64.4 Å². The molecule has 5 nitrogen and oxygen atoms in total. The zero-order chi connectivity index (χ0) is 14.7. The van der Waals surface area contributed by atoms with E-state index >= 15 is 0 Å². The fraction of sp³-hybridized carbons (Fsp3) is 0.333. The summed E-state index contributed by atoms with van der Waals surface area (Å²) in [5.74, 6) is 1.50. The molecule has 0 saturated carbocycles.